The molecular formula is C19H24N4O2. The summed E-state index contributed by atoms with van der Waals surface area (Å²) in [6.45, 7) is 1.02. The average molecular weight is 340 g/mol. The Labute approximate surface area is 147 Å². The molecule has 2 atom stereocenters. The number of benzene rings is 1. The van der Waals surface area contributed by atoms with Gasteiger partial charge in [-0.2, -0.15) is 5.10 Å². The molecule has 1 amide bonds. The molecule has 0 radical (unpaired) electrons. The van der Waals surface area contributed by atoms with Crippen molar-refractivity contribution in [3.63, 3.8) is 0 Å². The Morgan fingerprint density at radius 1 is 1.32 bits per heavy atom. The fourth-order valence-electron chi connectivity index (χ4n) is 3.82. The maximum atomic E-state index is 12.6. The summed E-state index contributed by atoms with van der Waals surface area (Å²) in [5.41, 5.74) is 1.82. The van der Waals surface area contributed by atoms with Gasteiger partial charge in [0.25, 0.3) is 5.91 Å². The maximum Gasteiger partial charge on any atom is 0.254 e. The Morgan fingerprint density at radius 2 is 2.16 bits per heavy atom. The number of amides is 1. The third kappa shape index (κ3) is 3.26. The van der Waals surface area contributed by atoms with E-state index in [1.165, 1.54) is 18.4 Å². The fraction of sp³-hybridized carbons (Fsp3) is 0.474. The standard InChI is InChI=1S/C19H24N4O2/c1-22-12-14(11-20-22)19(24)21-17-8-9-23(15-6-7-15)18(17)13-4-3-5-16(10-13)25-2/h3-5,10-12,15,17-18H,6-9H2,1-2H3,(H,21,24). The van der Waals surface area contributed by atoms with Crippen LogP contribution in [0.5, 0.6) is 5.75 Å². The van der Waals surface area contributed by atoms with Gasteiger partial charge in [0.05, 0.1) is 31.0 Å². The highest BCUT2D eigenvalue weighted by Crippen LogP contribution is 2.41. The summed E-state index contributed by atoms with van der Waals surface area (Å²) in [4.78, 5) is 15.1. The Hall–Kier alpha value is -2.34. The van der Waals surface area contributed by atoms with Crippen molar-refractivity contribution in [1.29, 1.82) is 0 Å². The largest absolute Gasteiger partial charge is 0.497 e. The molecule has 1 aromatic carbocycles. The number of aryl methyl sites for hydroxylation is 1. The molecule has 0 spiro atoms. The van der Waals surface area contributed by atoms with Crippen LogP contribution in [0.2, 0.25) is 0 Å². The predicted octanol–water partition coefficient (Wildman–Crippen LogP) is 2.14. The lowest BCUT2D eigenvalue weighted by Gasteiger charge is -2.29. The van der Waals surface area contributed by atoms with E-state index in [-0.39, 0.29) is 18.0 Å². The van der Waals surface area contributed by atoms with Crippen LogP contribution in [0.4, 0.5) is 0 Å². The molecule has 2 heterocycles. The first kappa shape index (κ1) is 16.1. The number of carbonyl (C=O) groups is 1. The number of likely N-dealkylation sites (tertiary alicyclic amines) is 1. The van der Waals surface area contributed by atoms with Gasteiger partial charge in [-0.15, -0.1) is 0 Å². The minimum absolute atomic E-state index is 0.0522. The number of aromatic nitrogens is 2. The van der Waals surface area contributed by atoms with Crippen molar-refractivity contribution in [3.05, 3.63) is 47.8 Å². The molecule has 6 nitrogen and oxygen atoms in total. The van der Waals surface area contributed by atoms with Crippen molar-refractivity contribution in [1.82, 2.24) is 20.0 Å². The lowest BCUT2D eigenvalue weighted by Crippen LogP contribution is -2.40. The van der Waals surface area contributed by atoms with Crippen LogP contribution in [0, 0.1) is 0 Å². The van der Waals surface area contributed by atoms with E-state index in [0.29, 0.717) is 11.6 Å². The molecule has 1 N–H and O–H groups in total. The van der Waals surface area contributed by atoms with E-state index in [1.54, 1.807) is 24.2 Å². The Bertz CT molecular complexity index is 768. The fourth-order valence-corrected chi connectivity index (χ4v) is 3.82. The number of nitrogens with one attached hydrogen (secondary N) is 1. The van der Waals surface area contributed by atoms with Crippen LogP contribution >= 0.6 is 0 Å². The minimum atomic E-state index is -0.0522. The number of ether oxygens (including phenoxy) is 1. The quantitative estimate of drug-likeness (QED) is 0.906. The smallest absolute Gasteiger partial charge is 0.254 e. The zero-order chi connectivity index (χ0) is 17.4. The van der Waals surface area contributed by atoms with Gasteiger partial charge in [0.2, 0.25) is 0 Å². The summed E-state index contributed by atoms with van der Waals surface area (Å²) in [5, 5.41) is 7.33. The van der Waals surface area contributed by atoms with Crippen molar-refractivity contribution in [2.45, 2.75) is 37.4 Å². The van der Waals surface area contributed by atoms with Gasteiger partial charge in [0.1, 0.15) is 5.75 Å². The second kappa shape index (κ2) is 6.52. The van der Waals surface area contributed by atoms with Crippen molar-refractivity contribution < 1.29 is 9.53 Å². The number of methoxy groups -OCH3 is 1. The van der Waals surface area contributed by atoms with E-state index >= 15 is 0 Å². The van der Waals surface area contributed by atoms with Crippen LogP contribution in [-0.2, 0) is 7.05 Å². The van der Waals surface area contributed by atoms with Crippen LogP contribution in [-0.4, -0.2) is 46.3 Å². The highest BCUT2D eigenvalue weighted by molar-refractivity contribution is 5.94. The molecule has 6 heteroatoms. The topological polar surface area (TPSA) is 59.4 Å². The van der Waals surface area contributed by atoms with Crippen LogP contribution in [0.3, 0.4) is 0 Å². The van der Waals surface area contributed by atoms with Crippen LogP contribution < -0.4 is 10.1 Å². The summed E-state index contributed by atoms with van der Waals surface area (Å²) in [6, 6.07) is 9.16. The molecule has 1 aliphatic heterocycles. The molecule has 4 rings (SSSR count). The Morgan fingerprint density at radius 3 is 2.84 bits per heavy atom. The van der Waals surface area contributed by atoms with Crippen molar-refractivity contribution in [2.75, 3.05) is 13.7 Å². The van der Waals surface area contributed by atoms with E-state index in [0.717, 1.165) is 18.7 Å². The monoisotopic (exact) mass is 340 g/mol. The summed E-state index contributed by atoms with van der Waals surface area (Å²) >= 11 is 0. The SMILES string of the molecule is COc1cccc(C2C(NC(=O)c3cnn(C)c3)CCN2C2CC2)c1. The maximum absolute atomic E-state index is 12.6. The van der Waals surface area contributed by atoms with Crippen molar-refractivity contribution in [3.8, 4) is 5.75 Å². The number of hydrogen-bond donors (Lipinski definition) is 1. The van der Waals surface area contributed by atoms with E-state index in [1.807, 2.05) is 19.2 Å². The summed E-state index contributed by atoms with van der Waals surface area (Å²) in [7, 11) is 3.51. The van der Waals surface area contributed by atoms with Gasteiger partial charge in [-0.3, -0.25) is 14.4 Å². The number of hydrogen-bond acceptors (Lipinski definition) is 4. The van der Waals surface area contributed by atoms with Crippen LogP contribution in [0.1, 0.15) is 41.2 Å². The predicted molar refractivity (Wildman–Crippen MR) is 94.5 cm³/mol. The Balaban J connectivity index is 1.58. The van der Waals surface area contributed by atoms with Gasteiger partial charge in [-0.25, -0.2) is 0 Å². The first-order valence-corrected chi connectivity index (χ1v) is 8.85. The summed E-state index contributed by atoms with van der Waals surface area (Å²) in [5.74, 6) is 0.807. The Kier molecular flexibility index (Phi) is 4.21. The van der Waals surface area contributed by atoms with Gasteiger partial charge >= 0.3 is 0 Å². The number of nitrogens with zero attached hydrogens (tertiary/aromatic N) is 3. The molecule has 1 aromatic heterocycles. The molecule has 2 fully saturated rings. The zero-order valence-corrected chi connectivity index (χ0v) is 14.7. The number of carbonyl (C=O) groups excluding carboxylic acids is 1. The molecule has 2 unspecified atom stereocenters. The third-order valence-electron chi connectivity index (χ3n) is 5.17. The highest BCUT2D eigenvalue weighted by Gasteiger charge is 2.43. The van der Waals surface area contributed by atoms with Gasteiger partial charge in [0, 0.05) is 25.8 Å². The molecule has 1 saturated heterocycles. The lowest BCUT2D eigenvalue weighted by molar-refractivity contribution is 0.0923. The second-order valence-corrected chi connectivity index (χ2v) is 6.96. The van der Waals surface area contributed by atoms with Crippen molar-refractivity contribution >= 4 is 5.91 Å². The highest BCUT2D eigenvalue weighted by atomic mass is 16.5. The first-order valence-electron chi connectivity index (χ1n) is 8.85. The van der Waals surface area contributed by atoms with Gasteiger partial charge < -0.3 is 10.1 Å². The normalized spacial score (nSPS) is 23.6. The third-order valence-corrected chi connectivity index (χ3v) is 5.17. The zero-order valence-electron chi connectivity index (χ0n) is 14.7. The lowest BCUT2D eigenvalue weighted by atomic mass is 9.99. The molecule has 2 aromatic rings. The summed E-state index contributed by atoms with van der Waals surface area (Å²) < 4.78 is 7.05. The molecule has 2 aliphatic rings. The van der Waals surface area contributed by atoms with Gasteiger partial charge in [-0.1, -0.05) is 12.1 Å². The average Bonchev–Trinajstić information content (AvgIpc) is 3.24. The van der Waals surface area contributed by atoms with Gasteiger partial charge in [0.15, 0.2) is 0 Å². The van der Waals surface area contributed by atoms with E-state index < -0.39 is 0 Å². The van der Waals surface area contributed by atoms with Crippen LogP contribution in [0.25, 0.3) is 0 Å². The molecule has 1 saturated carbocycles. The first-order chi connectivity index (χ1) is 12.2. The van der Waals surface area contributed by atoms with Crippen molar-refractivity contribution in [2.24, 2.45) is 7.05 Å². The van der Waals surface area contributed by atoms with E-state index in [2.05, 4.69) is 27.4 Å². The summed E-state index contributed by atoms with van der Waals surface area (Å²) in [6.07, 6.45) is 6.84. The molecule has 25 heavy (non-hydrogen) atoms. The van der Waals surface area contributed by atoms with E-state index in [4.69, 9.17) is 4.74 Å². The molecule has 1 aliphatic carbocycles. The number of rotatable bonds is 5. The van der Waals surface area contributed by atoms with Crippen LogP contribution in [0.15, 0.2) is 36.7 Å². The molecular weight excluding hydrogens is 316 g/mol. The molecule has 132 valence electrons. The molecule has 0 bridgehead atoms. The second-order valence-electron chi connectivity index (χ2n) is 6.96. The van der Waals surface area contributed by atoms with E-state index in [9.17, 15) is 4.79 Å². The minimum Gasteiger partial charge on any atom is -0.497 e. The van der Waals surface area contributed by atoms with Gasteiger partial charge in [-0.05, 0) is 37.0 Å².